The van der Waals surface area contributed by atoms with E-state index in [1.807, 2.05) is 0 Å². The zero-order valence-electron chi connectivity index (χ0n) is 14.0. The molecule has 0 fully saturated rings. The molecule has 0 heterocycles. The zero-order chi connectivity index (χ0) is 19.5. The van der Waals surface area contributed by atoms with Gasteiger partial charge in [-0.1, -0.05) is 11.6 Å². The third kappa shape index (κ3) is 4.77. The molecule has 26 heavy (non-hydrogen) atoms. The summed E-state index contributed by atoms with van der Waals surface area (Å²) in [6.45, 7) is 0. The fourth-order valence-electron chi connectivity index (χ4n) is 2.03. The van der Waals surface area contributed by atoms with Gasteiger partial charge >= 0.3 is 0 Å². The summed E-state index contributed by atoms with van der Waals surface area (Å²) in [6.07, 6.45) is 0.804. The number of hydrogen-bond acceptors (Lipinski definition) is 6. The molecular formula is C16H15ClFNO6S. The Morgan fingerprint density at radius 2 is 1.69 bits per heavy atom. The molecule has 0 aliphatic heterocycles. The van der Waals surface area contributed by atoms with Crippen molar-refractivity contribution in [3.63, 3.8) is 0 Å². The third-order valence-electron chi connectivity index (χ3n) is 3.12. The number of hydrogen-bond donors (Lipinski definition) is 1. The van der Waals surface area contributed by atoms with Crippen LogP contribution in [-0.2, 0) is 10.0 Å². The van der Waals surface area contributed by atoms with Crippen LogP contribution in [0.15, 0.2) is 30.3 Å². The van der Waals surface area contributed by atoms with E-state index in [0.717, 1.165) is 18.4 Å². The molecule has 0 bridgehead atoms. The first kappa shape index (κ1) is 19.8. The lowest BCUT2D eigenvalue weighted by molar-refractivity contribution is 0.0978. The molecule has 0 aliphatic carbocycles. The zero-order valence-corrected chi connectivity index (χ0v) is 15.6. The first-order valence-corrected chi connectivity index (χ1v) is 9.32. The van der Waals surface area contributed by atoms with Crippen molar-refractivity contribution in [2.75, 3.05) is 20.5 Å². The fraction of sp³-hybridized carbons (Fsp3) is 0.188. The maximum absolute atomic E-state index is 14.4. The Bertz CT molecular complexity index is 948. The van der Waals surface area contributed by atoms with Crippen LogP contribution >= 0.6 is 11.6 Å². The first-order valence-electron chi connectivity index (χ1n) is 7.05. The van der Waals surface area contributed by atoms with Gasteiger partial charge in [0.25, 0.3) is 5.91 Å². The van der Waals surface area contributed by atoms with Crippen LogP contribution in [0.5, 0.6) is 23.0 Å². The van der Waals surface area contributed by atoms with Gasteiger partial charge in [0.15, 0.2) is 23.1 Å². The van der Waals surface area contributed by atoms with Crippen LogP contribution in [-0.4, -0.2) is 34.8 Å². The van der Waals surface area contributed by atoms with Crippen molar-refractivity contribution in [1.82, 2.24) is 4.72 Å². The molecule has 140 valence electrons. The molecule has 10 heteroatoms. The lowest BCUT2D eigenvalue weighted by Gasteiger charge is -2.14. The summed E-state index contributed by atoms with van der Waals surface area (Å²) in [7, 11) is -1.17. The molecule has 2 aromatic carbocycles. The molecule has 2 aromatic rings. The molecule has 0 spiro atoms. The van der Waals surface area contributed by atoms with Crippen LogP contribution in [0.2, 0.25) is 5.02 Å². The maximum Gasteiger partial charge on any atom is 0.268 e. The van der Waals surface area contributed by atoms with Gasteiger partial charge in [-0.15, -0.1) is 0 Å². The number of nitrogens with one attached hydrogen (secondary N) is 1. The van der Waals surface area contributed by atoms with Crippen molar-refractivity contribution in [2.24, 2.45) is 0 Å². The van der Waals surface area contributed by atoms with Gasteiger partial charge in [0.2, 0.25) is 10.0 Å². The molecule has 1 amide bonds. The summed E-state index contributed by atoms with van der Waals surface area (Å²) < 4.78 is 54.1. The second-order valence-electron chi connectivity index (χ2n) is 5.08. The molecule has 0 radical (unpaired) electrons. The van der Waals surface area contributed by atoms with E-state index in [1.165, 1.54) is 32.4 Å². The number of amides is 1. The minimum absolute atomic E-state index is 0.0736. The average molecular weight is 404 g/mol. The summed E-state index contributed by atoms with van der Waals surface area (Å²) in [5.41, 5.74) is -0.300. The molecule has 0 aliphatic rings. The van der Waals surface area contributed by atoms with Crippen LogP contribution < -0.4 is 18.9 Å². The Labute approximate surface area is 154 Å². The van der Waals surface area contributed by atoms with Gasteiger partial charge in [-0.2, -0.15) is 0 Å². The van der Waals surface area contributed by atoms with Gasteiger partial charge in [0.05, 0.1) is 26.0 Å². The molecule has 1 N–H and O–H groups in total. The molecular weight excluding hydrogens is 389 g/mol. The van der Waals surface area contributed by atoms with Gasteiger partial charge in [-0.25, -0.2) is 17.5 Å². The Balaban J connectivity index is 2.42. The first-order chi connectivity index (χ1) is 12.1. The largest absolute Gasteiger partial charge is 0.496 e. The van der Waals surface area contributed by atoms with Gasteiger partial charge in [0, 0.05) is 17.2 Å². The molecule has 0 aromatic heterocycles. The Morgan fingerprint density at radius 3 is 2.27 bits per heavy atom. The topological polar surface area (TPSA) is 90.9 Å². The quantitative estimate of drug-likeness (QED) is 0.797. The molecule has 2 rings (SSSR count). The van der Waals surface area contributed by atoms with Crippen LogP contribution in [0, 0.1) is 5.82 Å². The second-order valence-corrected chi connectivity index (χ2v) is 7.27. The van der Waals surface area contributed by atoms with Crippen LogP contribution in [0.1, 0.15) is 10.4 Å². The predicted molar refractivity (Wildman–Crippen MR) is 93.3 cm³/mol. The second kappa shape index (κ2) is 7.79. The smallest absolute Gasteiger partial charge is 0.268 e. The molecule has 0 saturated heterocycles. The van der Waals surface area contributed by atoms with Gasteiger partial charge < -0.3 is 14.2 Å². The van der Waals surface area contributed by atoms with E-state index < -0.39 is 21.7 Å². The lowest BCUT2D eigenvalue weighted by Crippen LogP contribution is -2.29. The SMILES string of the molecule is COc1cc(Cl)ccc1Oc1cc(OC)c(C(=O)NS(C)(=O)=O)cc1F. The monoisotopic (exact) mass is 403 g/mol. The Hall–Kier alpha value is -2.52. The van der Waals surface area contributed by atoms with E-state index in [9.17, 15) is 17.6 Å². The summed E-state index contributed by atoms with van der Waals surface area (Å²) in [6, 6.07) is 6.44. The number of halogens is 2. The summed E-state index contributed by atoms with van der Waals surface area (Å²) in [5.74, 6) is -1.80. The van der Waals surface area contributed by atoms with Crippen molar-refractivity contribution in [3.8, 4) is 23.0 Å². The number of methoxy groups -OCH3 is 2. The highest BCUT2D eigenvalue weighted by Crippen LogP contribution is 2.37. The van der Waals surface area contributed by atoms with Gasteiger partial charge in [0.1, 0.15) is 5.75 Å². The number of carbonyl (C=O) groups excluding carboxylic acids is 1. The van der Waals surface area contributed by atoms with Gasteiger partial charge in [-0.05, 0) is 18.2 Å². The Morgan fingerprint density at radius 1 is 1.04 bits per heavy atom. The van der Waals surface area contributed by atoms with Crippen LogP contribution in [0.3, 0.4) is 0 Å². The van der Waals surface area contributed by atoms with Crippen LogP contribution in [0.25, 0.3) is 0 Å². The highest BCUT2D eigenvalue weighted by atomic mass is 35.5. The van der Waals surface area contributed by atoms with E-state index in [-0.39, 0.29) is 28.6 Å². The van der Waals surface area contributed by atoms with E-state index in [4.69, 9.17) is 25.8 Å². The number of benzene rings is 2. The number of carbonyl (C=O) groups is 1. The molecule has 0 saturated carbocycles. The molecule has 0 unspecified atom stereocenters. The highest BCUT2D eigenvalue weighted by Gasteiger charge is 2.21. The highest BCUT2D eigenvalue weighted by molar-refractivity contribution is 7.89. The normalized spacial score (nSPS) is 11.0. The standard InChI is InChI=1S/C16H15ClFNO6S/c1-23-13-8-14(25-12-5-4-9(17)6-15(12)24-2)11(18)7-10(13)16(20)19-26(3,21)22/h4-8H,1-3H3,(H,19,20). The van der Waals surface area contributed by atoms with E-state index >= 15 is 0 Å². The minimum atomic E-state index is -3.82. The van der Waals surface area contributed by atoms with Crippen molar-refractivity contribution in [1.29, 1.82) is 0 Å². The summed E-state index contributed by atoms with van der Waals surface area (Å²) in [4.78, 5) is 12.0. The number of ether oxygens (including phenoxy) is 3. The van der Waals surface area contributed by atoms with E-state index in [1.54, 1.807) is 4.72 Å². The van der Waals surface area contributed by atoms with Crippen molar-refractivity contribution < 1.29 is 31.8 Å². The number of rotatable bonds is 6. The van der Waals surface area contributed by atoms with Gasteiger partial charge in [-0.3, -0.25) is 4.79 Å². The van der Waals surface area contributed by atoms with Crippen molar-refractivity contribution >= 4 is 27.5 Å². The van der Waals surface area contributed by atoms with Crippen molar-refractivity contribution in [2.45, 2.75) is 0 Å². The predicted octanol–water partition coefficient (Wildman–Crippen LogP) is 2.98. The average Bonchev–Trinajstić information content (AvgIpc) is 2.56. The molecule has 0 atom stereocenters. The summed E-state index contributed by atoms with van der Waals surface area (Å²) >= 11 is 5.86. The van der Waals surface area contributed by atoms with E-state index in [2.05, 4.69) is 0 Å². The lowest BCUT2D eigenvalue weighted by atomic mass is 10.1. The minimum Gasteiger partial charge on any atom is -0.496 e. The molecule has 7 nitrogen and oxygen atoms in total. The third-order valence-corrected chi connectivity index (χ3v) is 3.91. The van der Waals surface area contributed by atoms with E-state index in [0.29, 0.717) is 5.02 Å². The fourth-order valence-corrected chi connectivity index (χ4v) is 2.64. The Kier molecular flexibility index (Phi) is 5.94. The summed E-state index contributed by atoms with van der Waals surface area (Å²) in [5, 5.41) is 0.403. The van der Waals surface area contributed by atoms with Crippen LogP contribution in [0.4, 0.5) is 4.39 Å². The maximum atomic E-state index is 14.4. The van der Waals surface area contributed by atoms with Crippen molar-refractivity contribution in [3.05, 3.63) is 46.7 Å². The number of sulfonamides is 1.